The maximum atomic E-state index is 12.3. The number of hydrogen-bond acceptors (Lipinski definition) is 3. The maximum Gasteiger partial charge on any atom is 0.251 e. The van der Waals surface area contributed by atoms with Gasteiger partial charge in [0.25, 0.3) is 5.91 Å². The fourth-order valence-electron chi connectivity index (χ4n) is 2.97. The van der Waals surface area contributed by atoms with Gasteiger partial charge in [0.15, 0.2) is 0 Å². The van der Waals surface area contributed by atoms with Gasteiger partial charge >= 0.3 is 0 Å². The Morgan fingerprint density at radius 3 is 2.92 bits per heavy atom. The van der Waals surface area contributed by atoms with E-state index in [2.05, 4.69) is 12.2 Å². The van der Waals surface area contributed by atoms with Crippen LogP contribution in [0.4, 0.5) is 0 Å². The smallest absolute Gasteiger partial charge is 0.251 e. The van der Waals surface area contributed by atoms with Gasteiger partial charge in [-0.15, -0.1) is 0 Å². The van der Waals surface area contributed by atoms with Crippen LogP contribution in [-0.4, -0.2) is 18.6 Å². The largest absolute Gasteiger partial charge is 0.494 e. The van der Waals surface area contributed by atoms with E-state index >= 15 is 0 Å². The average Bonchev–Trinajstić information content (AvgIpc) is 2.91. The lowest BCUT2D eigenvalue weighted by molar-refractivity contribution is 0.0950. The third-order valence-corrected chi connectivity index (χ3v) is 4.10. The van der Waals surface area contributed by atoms with Crippen LogP contribution in [0.3, 0.4) is 0 Å². The number of aryl methyl sites for hydroxylation is 1. The molecule has 0 saturated carbocycles. The second-order valence-corrected chi connectivity index (χ2v) is 6.19. The highest BCUT2D eigenvalue weighted by Crippen LogP contribution is 2.35. The summed E-state index contributed by atoms with van der Waals surface area (Å²) in [6.45, 7) is 6.99. The Kier molecular flexibility index (Phi) is 4.74. The molecule has 1 aliphatic rings. The number of amides is 1. The van der Waals surface area contributed by atoms with Gasteiger partial charge in [-0.25, -0.2) is 0 Å². The van der Waals surface area contributed by atoms with Gasteiger partial charge in [0.2, 0.25) is 0 Å². The zero-order valence-corrected chi connectivity index (χ0v) is 14.4. The predicted molar refractivity (Wildman–Crippen MR) is 93.8 cm³/mol. The molecule has 1 N–H and O–H groups in total. The number of benzene rings is 2. The first kappa shape index (κ1) is 16.4. The van der Waals surface area contributed by atoms with E-state index in [0.29, 0.717) is 18.7 Å². The second kappa shape index (κ2) is 6.95. The van der Waals surface area contributed by atoms with Crippen LogP contribution >= 0.6 is 0 Å². The molecule has 0 aliphatic carbocycles. The molecule has 4 nitrogen and oxygen atoms in total. The van der Waals surface area contributed by atoms with Crippen LogP contribution in [0.25, 0.3) is 0 Å². The molecule has 1 atom stereocenters. The van der Waals surface area contributed by atoms with Crippen molar-refractivity contribution in [3.05, 3.63) is 58.7 Å². The summed E-state index contributed by atoms with van der Waals surface area (Å²) < 4.78 is 11.6. The fourth-order valence-corrected chi connectivity index (χ4v) is 2.97. The van der Waals surface area contributed by atoms with Gasteiger partial charge in [0.1, 0.15) is 17.6 Å². The molecule has 2 aromatic rings. The van der Waals surface area contributed by atoms with Crippen molar-refractivity contribution in [3.63, 3.8) is 0 Å². The quantitative estimate of drug-likeness (QED) is 0.913. The topological polar surface area (TPSA) is 47.6 Å². The molecule has 1 amide bonds. The summed E-state index contributed by atoms with van der Waals surface area (Å²) in [5, 5.41) is 2.97. The average molecular weight is 325 g/mol. The van der Waals surface area contributed by atoms with Crippen molar-refractivity contribution >= 4 is 5.91 Å². The van der Waals surface area contributed by atoms with Gasteiger partial charge in [0.05, 0.1) is 6.61 Å². The number of carbonyl (C=O) groups excluding carboxylic acids is 1. The fraction of sp³-hybridized carbons (Fsp3) is 0.350. The minimum atomic E-state index is -0.0871. The van der Waals surface area contributed by atoms with Crippen LogP contribution in [0.2, 0.25) is 0 Å². The van der Waals surface area contributed by atoms with E-state index in [1.807, 2.05) is 50.2 Å². The van der Waals surface area contributed by atoms with Gasteiger partial charge in [-0.3, -0.25) is 4.79 Å². The van der Waals surface area contributed by atoms with Crippen LogP contribution < -0.4 is 14.8 Å². The number of ether oxygens (including phenoxy) is 2. The van der Waals surface area contributed by atoms with Crippen LogP contribution in [0.5, 0.6) is 11.5 Å². The summed E-state index contributed by atoms with van der Waals surface area (Å²) in [5.41, 5.74) is 3.84. The number of fused-ring (bicyclic) bond motifs is 1. The number of nitrogens with one attached hydrogen (secondary N) is 1. The Morgan fingerprint density at radius 2 is 2.17 bits per heavy atom. The van der Waals surface area contributed by atoms with Crippen molar-refractivity contribution in [1.82, 2.24) is 5.32 Å². The Morgan fingerprint density at radius 1 is 1.33 bits per heavy atom. The van der Waals surface area contributed by atoms with E-state index in [1.54, 1.807) is 0 Å². The summed E-state index contributed by atoms with van der Waals surface area (Å²) in [6.07, 6.45) is 1.08. The molecule has 1 unspecified atom stereocenters. The Hall–Kier alpha value is -2.49. The first-order valence-corrected chi connectivity index (χ1v) is 8.37. The zero-order chi connectivity index (χ0) is 17.1. The molecule has 4 heteroatoms. The molecule has 0 bridgehead atoms. The Labute approximate surface area is 142 Å². The number of hydrogen-bond donors (Lipinski definition) is 1. The molecule has 126 valence electrons. The summed E-state index contributed by atoms with van der Waals surface area (Å²) in [7, 11) is 0. The third kappa shape index (κ3) is 3.53. The minimum absolute atomic E-state index is 0.0871. The molecule has 3 rings (SSSR count). The standard InChI is InChI=1S/C20H23NO3/c1-4-23-18-10-16-9-14(3)24-19(16)11-17(18)12-21-20(22)15-7-5-6-13(2)8-15/h5-8,10-11,14H,4,9,12H2,1-3H3,(H,21,22). The Balaban J connectivity index is 1.77. The summed E-state index contributed by atoms with van der Waals surface area (Å²) in [4.78, 5) is 12.3. The molecule has 1 heterocycles. The zero-order valence-electron chi connectivity index (χ0n) is 14.4. The molecule has 1 aliphatic heterocycles. The van der Waals surface area contributed by atoms with Gasteiger partial charge in [0, 0.05) is 29.7 Å². The minimum Gasteiger partial charge on any atom is -0.494 e. The molecule has 2 aromatic carbocycles. The molecule has 0 saturated heterocycles. The molecular weight excluding hydrogens is 302 g/mol. The molecular formula is C20H23NO3. The monoisotopic (exact) mass is 325 g/mol. The highest BCUT2D eigenvalue weighted by Gasteiger charge is 2.22. The van der Waals surface area contributed by atoms with E-state index in [4.69, 9.17) is 9.47 Å². The first-order valence-electron chi connectivity index (χ1n) is 8.37. The van der Waals surface area contributed by atoms with Crippen LogP contribution in [0, 0.1) is 6.92 Å². The third-order valence-electron chi connectivity index (χ3n) is 4.10. The first-order chi connectivity index (χ1) is 11.6. The van der Waals surface area contributed by atoms with Crippen molar-refractivity contribution in [1.29, 1.82) is 0 Å². The number of rotatable bonds is 5. The van der Waals surface area contributed by atoms with E-state index in [1.165, 1.54) is 5.56 Å². The molecule has 0 spiro atoms. The highest BCUT2D eigenvalue weighted by atomic mass is 16.5. The van der Waals surface area contributed by atoms with Crippen LogP contribution in [-0.2, 0) is 13.0 Å². The number of carbonyl (C=O) groups is 1. The normalized spacial score (nSPS) is 15.5. The molecule has 24 heavy (non-hydrogen) atoms. The van der Waals surface area contributed by atoms with Gasteiger partial charge in [-0.2, -0.15) is 0 Å². The van der Waals surface area contributed by atoms with Gasteiger partial charge < -0.3 is 14.8 Å². The SMILES string of the molecule is CCOc1cc2c(cc1CNC(=O)c1cccc(C)c1)OC(C)C2. The summed E-state index contributed by atoms with van der Waals surface area (Å²) in [6, 6.07) is 11.6. The molecule has 0 fully saturated rings. The van der Waals surface area contributed by atoms with Crippen LogP contribution in [0.1, 0.15) is 40.9 Å². The molecule has 0 aromatic heterocycles. The van der Waals surface area contributed by atoms with E-state index in [9.17, 15) is 4.79 Å². The van der Waals surface area contributed by atoms with Crippen molar-refractivity contribution < 1.29 is 14.3 Å². The predicted octanol–water partition coefficient (Wildman–Crippen LogP) is 3.65. The summed E-state index contributed by atoms with van der Waals surface area (Å²) in [5.74, 6) is 1.63. The lowest BCUT2D eigenvalue weighted by atomic mass is 10.1. The van der Waals surface area contributed by atoms with Crippen molar-refractivity contribution in [3.8, 4) is 11.5 Å². The van der Waals surface area contributed by atoms with E-state index in [0.717, 1.165) is 29.0 Å². The summed E-state index contributed by atoms with van der Waals surface area (Å²) >= 11 is 0. The lowest BCUT2D eigenvalue weighted by Gasteiger charge is -2.13. The highest BCUT2D eigenvalue weighted by molar-refractivity contribution is 5.94. The van der Waals surface area contributed by atoms with E-state index in [-0.39, 0.29) is 12.0 Å². The van der Waals surface area contributed by atoms with E-state index < -0.39 is 0 Å². The Bertz CT molecular complexity index is 755. The van der Waals surface area contributed by atoms with Gasteiger partial charge in [-0.1, -0.05) is 17.7 Å². The van der Waals surface area contributed by atoms with Crippen molar-refractivity contribution in [2.75, 3.05) is 6.61 Å². The maximum absolute atomic E-state index is 12.3. The van der Waals surface area contributed by atoms with Crippen molar-refractivity contribution in [2.24, 2.45) is 0 Å². The van der Waals surface area contributed by atoms with Gasteiger partial charge in [-0.05, 0) is 45.0 Å². The van der Waals surface area contributed by atoms with Crippen LogP contribution in [0.15, 0.2) is 36.4 Å². The second-order valence-electron chi connectivity index (χ2n) is 6.19. The van der Waals surface area contributed by atoms with Crippen molar-refractivity contribution in [2.45, 2.75) is 39.8 Å². The molecule has 0 radical (unpaired) electrons. The lowest BCUT2D eigenvalue weighted by Crippen LogP contribution is -2.23.